The number of hydrogen-bond acceptors (Lipinski definition) is 3. The smallest absolute Gasteiger partial charge is 0.256 e. The third kappa shape index (κ3) is 3.37. The highest BCUT2D eigenvalue weighted by Gasteiger charge is 2.15. The molecule has 0 bridgehead atoms. The molecule has 0 fully saturated rings. The number of amides is 2. The van der Waals surface area contributed by atoms with E-state index < -0.39 is 23.4 Å². The molecule has 2 aromatic carbocycles. The molecule has 0 saturated heterocycles. The first-order valence-corrected chi connectivity index (χ1v) is 7.16. The van der Waals surface area contributed by atoms with E-state index in [1.807, 2.05) is 0 Å². The SMILES string of the molecule is NC(=O)c1ccc(C(=O)Nc2cc(-c3c(F)cccc3F)[nH]n2)cc1. The van der Waals surface area contributed by atoms with Gasteiger partial charge in [-0.15, -0.1) is 0 Å². The molecule has 0 saturated carbocycles. The van der Waals surface area contributed by atoms with Crippen LogP contribution in [-0.4, -0.2) is 22.0 Å². The predicted octanol–water partition coefficient (Wildman–Crippen LogP) is 2.71. The van der Waals surface area contributed by atoms with Crippen molar-refractivity contribution >= 4 is 17.6 Å². The largest absolute Gasteiger partial charge is 0.366 e. The van der Waals surface area contributed by atoms with Crippen LogP contribution in [0.25, 0.3) is 11.3 Å². The Hall–Kier alpha value is -3.55. The van der Waals surface area contributed by atoms with Gasteiger partial charge in [-0.05, 0) is 36.4 Å². The van der Waals surface area contributed by atoms with E-state index >= 15 is 0 Å². The number of carbonyl (C=O) groups is 2. The number of hydrogen-bond donors (Lipinski definition) is 3. The number of benzene rings is 2. The minimum atomic E-state index is -0.747. The van der Waals surface area contributed by atoms with Gasteiger partial charge in [0.25, 0.3) is 5.91 Å². The number of carbonyl (C=O) groups excluding carboxylic acids is 2. The number of rotatable bonds is 4. The summed E-state index contributed by atoms with van der Waals surface area (Å²) in [5, 5.41) is 8.79. The number of anilines is 1. The molecule has 1 aromatic heterocycles. The Balaban J connectivity index is 1.79. The third-order valence-corrected chi connectivity index (χ3v) is 3.48. The number of halogens is 2. The maximum absolute atomic E-state index is 13.8. The number of nitrogens with two attached hydrogens (primary N) is 1. The molecule has 0 spiro atoms. The van der Waals surface area contributed by atoms with Crippen molar-refractivity contribution in [3.63, 3.8) is 0 Å². The second-order valence-corrected chi connectivity index (χ2v) is 5.16. The fourth-order valence-electron chi connectivity index (χ4n) is 2.24. The van der Waals surface area contributed by atoms with E-state index in [9.17, 15) is 18.4 Å². The molecule has 1 heterocycles. The third-order valence-electron chi connectivity index (χ3n) is 3.48. The van der Waals surface area contributed by atoms with Gasteiger partial charge in [-0.1, -0.05) is 6.07 Å². The molecule has 0 aliphatic carbocycles. The lowest BCUT2D eigenvalue weighted by Gasteiger charge is -2.02. The van der Waals surface area contributed by atoms with Crippen molar-refractivity contribution in [2.75, 3.05) is 5.32 Å². The maximum atomic E-state index is 13.8. The lowest BCUT2D eigenvalue weighted by molar-refractivity contribution is 0.0995. The molecule has 0 aliphatic heterocycles. The first-order valence-electron chi connectivity index (χ1n) is 7.16. The van der Waals surface area contributed by atoms with Crippen molar-refractivity contribution in [2.45, 2.75) is 0 Å². The Bertz CT molecular complexity index is 931. The standard InChI is InChI=1S/C17H12F2N4O2/c18-11-2-1-3-12(19)15(11)13-8-14(23-22-13)21-17(25)10-6-4-9(5-7-10)16(20)24/h1-8H,(H2,20,24)(H2,21,22,23,25). The van der Waals surface area contributed by atoms with Crippen molar-refractivity contribution in [3.05, 3.63) is 71.3 Å². The molecule has 8 heteroatoms. The molecule has 3 aromatic rings. The molecular weight excluding hydrogens is 330 g/mol. The van der Waals surface area contributed by atoms with Gasteiger partial charge in [0.1, 0.15) is 11.6 Å². The summed E-state index contributed by atoms with van der Waals surface area (Å²) in [4.78, 5) is 23.2. The number of nitrogens with one attached hydrogen (secondary N) is 2. The number of aromatic nitrogens is 2. The molecule has 2 amide bonds. The molecule has 0 aliphatic rings. The fraction of sp³-hybridized carbons (Fsp3) is 0. The van der Waals surface area contributed by atoms with Crippen LogP contribution in [0.5, 0.6) is 0 Å². The van der Waals surface area contributed by atoms with Crippen molar-refractivity contribution < 1.29 is 18.4 Å². The summed E-state index contributed by atoms with van der Waals surface area (Å²) in [5.74, 6) is -2.49. The van der Waals surface area contributed by atoms with Gasteiger partial charge in [-0.3, -0.25) is 14.7 Å². The zero-order valence-electron chi connectivity index (χ0n) is 12.7. The first-order chi connectivity index (χ1) is 12.0. The van der Waals surface area contributed by atoms with E-state index in [0.29, 0.717) is 0 Å². The second kappa shape index (κ2) is 6.52. The number of primary amides is 1. The lowest BCUT2D eigenvalue weighted by Crippen LogP contribution is -2.14. The molecule has 3 rings (SSSR count). The average molecular weight is 342 g/mol. The summed E-state index contributed by atoms with van der Waals surface area (Å²) >= 11 is 0. The minimum Gasteiger partial charge on any atom is -0.366 e. The van der Waals surface area contributed by atoms with Crippen molar-refractivity contribution in [1.29, 1.82) is 0 Å². The van der Waals surface area contributed by atoms with E-state index in [0.717, 1.165) is 12.1 Å². The molecule has 0 unspecified atom stereocenters. The maximum Gasteiger partial charge on any atom is 0.256 e. The number of nitrogens with zero attached hydrogens (tertiary/aromatic N) is 1. The number of aromatic amines is 1. The van der Waals surface area contributed by atoms with Gasteiger partial charge in [0.15, 0.2) is 5.82 Å². The van der Waals surface area contributed by atoms with Crippen LogP contribution in [0.15, 0.2) is 48.5 Å². The Labute approximate surface area is 140 Å². The Kier molecular flexibility index (Phi) is 4.25. The van der Waals surface area contributed by atoms with Crippen molar-refractivity contribution in [2.24, 2.45) is 5.73 Å². The van der Waals surface area contributed by atoms with Crippen LogP contribution in [0, 0.1) is 11.6 Å². The van der Waals surface area contributed by atoms with Gasteiger partial charge in [-0.25, -0.2) is 8.78 Å². The number of H-pyrrole nitrogens is 1. The van der Waals surface area contributed by atoms with E-state index in [1.165, 1.54) is 36.4 Å². The molecular formula is C17H12F2N4O2. The van der Waals surface area contributed by atoms with E-state index in [2.05, 4.69) is 15.5 Å². The van der Waals surface area contributed by atoms with Gasteiger partial charge in [0.05, 0.1) is 11.3 Å². The van der Waals surface area contributed by atoms with Crippen LogP contribution in [0.1, 0.15) is 20.7 Å². The molecule has 6 nitrogen and oxygen atoms in total. The fourth-order valence-corrected chi connectivity index (χ4v) is 2.24. The molecule has 0 radical (unpaired) electrons. The summed E-state index contributed by atoms with van der Waals surface area (Å²) in [5.41, 5.74) is 5.50. The summed E-state index contributed by atoms with van der Waals surface area (Å²) < 4.78 is 27.5. The molecule has 25 heavy (non-hydrogen) atoms. The van der Waals surface area contributed by atoms with Crippen LogP contribution in [-0.2, 0) is 0 Å². The quantitative estimate of drug-likeness (QED) is 0.679. The Morgan fingerprint density at radius 2 is 1.60 bits per heavy atom. The van der Waals surface area contributed by atoms with Gasteiger partial charge in [-0.2, -0.15) is 5.10 Å². The van der Waals surface area contributed by atoms with Crippen molar-refractivity contribution in [1.82, 2.24) is 10.2 Å². The van der Waals surface area contributed by atoms with Crippen LogP contribution < -0.4 is 11.1 Å². The van der Waals surface area contributed by atoms with Crippen LogP contribution >= 0.6 is 0 Å². The van der Waals surface area contributed by atoms with Crippen LogP contribution in [0.4, 0.5) is 14.6 Å². The van der Waals surface area contributed by atoms with E-state index in [-0.39, 0.29) is 28.2 Å². The summed E-state index contributed by atoms with van der Waals surface area (Å²) in [7, 11) is 0. The Morgan fingerprint density at radius 3 is 2.20 bits per heavy atom. The van der Waals surface area contributed by atoms with Gasteiger partial charge in [0.2, 0.25) is 5.91 Å². The molecule has 4 N–H and O–H groups in total. The van der Waals surface area contributed by atoms with Gasteiger partial charge < -0.3 is 11.1 Å². The molecule has 126 valence electrons. The average Bonchev–Trinajstić information content (AvgIpc) is 3.02. The molecule has 0 atom stereocenters. The normalized spacial score (nSPS) is 10.5. The highest BCUT2D eigenvalue weighted by molar-refractivity contribution is 6.04. The zero-order chi connectivity index (χ0) is 18.0. The highest BCUT2D eigenvalue weighted by Crippen LogP contribution is 2.25. The van der Waals surface area contributed by atoms with Crippen LogP contribution in [0.2, 0.25) is 0 Å². The van der Waals surface area contributed by atoms with E-state index in [1.54, 1.807) is 0 Å². The lowest BCUT2D eigenvalue weighted by atomic mass is 10.1. The second-order valence-electron chi connectivity index (χ2n) is 5.16. The summed E-state index contributed by atoms with van der Waals surface area (Å²) in [6.45, 7) is 0. The van der Waals surface area contributed by atoms with E-state index in [4.69, 9.17) is 5.73 Å². The monoisotopic (exact) mass is 342 g/mol. The summed E-state index contributed by atoms with van der Waals surface area (Å²) in [6.07, 6.45) is 0. The van der Waals surface area contributed by atoms with Gasteiger partial charge >= 0.3 is 0 Å². The Morgan fingerprint density at radius 1 is 1.00 bits per heavy atom. The van der Waals surface area contributed by atoms with Crippen molar-refractivity contribution in [3.8, 4) is 11.3 Å². The first kappa shape index (κ1) is 16.3. The van der Waals surface area contributed by atoms with Gasteiger partial charge in [0, 0.05) is 17.2 Å². The topological polar surface area (TPSA) is 101 Å². The predicted molar refractivity (Wildman–Crippen MR) is 86.9 cm³/mol. The minimum absolute atomic E-state index is 0.0926. The highest BCUT2D eigenvalue weighted by atomic mass is 19.1. The van der Waals surface area contributed by atoms with Crippen LogP contribution in [0.3, 0.4) is 0 Å². The summed E-state index contributed by atoms with van der Waals surface area (Å²) in [6, 6.07) is 10.5. The zero-order valence-corrected chi connectivity index (χ0v) is 12.7.